The van der Waals surface area contributed by atoms with E-state index in [4.69, 9.17) is 11.6 Å². The molecule has 0 saturated heterocycles. The Labute approximate surface area is 202 Å². The summed E-state index contributed by atoms with van der Waals surface area (Å²) in [5.41, 5.74) is 1.16. The van der Waals surface area contributed by atoms with Gasteiger partial charge in [-0.3, -0.25) is 9.36 Å². The number of urea groups is 1. The SMILES string of the molecule is CNc1ccc2c(=O)n(-c3ccc(NC(=O)NS(=O)(=O)c4ccc(Cl)s4)cc3)cc(N=O)c2c1. The second kappa shape index (κ2) is 9.25. The molecule has 0 spiro atoms. The number of halogens is 1. The molecular weight excluding hydrogens is 502 g/mol. The van der Waals surface area contributed by atoms with Crippen LogP contribution < -0.4 is 20.9 Å². The summed E-state index contributed by atoms with van der Waals surface area (Å²) in [5.74, 6) is 0. The zero-order valence-electron chi connectivity index (χ0n) is 17.4. The molecule has 2 aromatic carbocycles. The fourth-order valence-electron chi connectivity index (χ4n) is 3.22. The van der Waals surface area contributed by atoms with Crippen LogP contribution in [0, 0.1) is 4.91 Å². The van der Waals surface area contributed by atoms with Crippen LogP contribution in [0.25, 0.3) is 16.5 Å². The van der Waals surface area contributed by atoms with E-state index < -0.39 is 16.1 Å². The molecule has 0 atom stereocenters. The van der Waals surface area contributed by atoms with Crippen molar-refractivity contribution in [2.75, 3.05) is 17.7 Å². The van der Waals surface area contributed by atoms with Gasteiger partial charge in [-0.25, -0.2) is 17.9 Å². The van der Waals surface area contributed by atoms with E-state index in [0.717, 1.165) is 17.0 Å². The number of aromatic nitrogens is 1. The van der Waals surface area contributed by atoms with E-state index in [2.05, 4.69) is 15.8 Å². The summed E-state index contributed by atoms with van der Waals surface area (Å²) >= 11 is 6.57. The molecule has 34 heavy (non-hydrogen) atoms. The average molecular weight is 518 g/mol. The number of nitrogens with zero attached hydrogens (tertiary/aromatic N) is 2. The number of benzene rings is 2. The van der Waals surface area contributed by atoms with Gasteiger partial charge < -0.3 is 10.6 Å². The van der Waals surface area contributed by atoms with Crippen molar-refractivity contribution in [3.63, 3.8) is 0 Å². The highest BCUT2D eigenvalue weighted by atomic mass is 35.5. The molecule has 4 aromatic rings. The van der Waals surface area contributed by atoms with Crippen LogP contribution in [-0.2, 0) is 10.0 Å². The average Bonchev–Trinajstić information content (AvgIpc) is 3.27. The lowest BCUT2D eigenvalue weighted by Crippen LogP contribution is -2.33. The van der Waals surface area contributed by atoms with Crippen molar-refractivity contribution < 1.29 is 13.2 Å². The van der Waals surface area contributed by atoms with E-state index >= 15 is 0 Å². The van der Waals surface area contributed by atoms with E-state index in [-0.39, 0.29) is 25.5 Å². The quantitative estimate of drug-likeness (QED) is 0.318. The number of hydrogen-bond donors (Lipinski definition) is 3. The first-order valence-corrected chi connectivity index (χ1v) is 12.3. The molecule has 174 valence electrons. The summed E-state index contributed by atoms with van der Waals surface area (Å²) in [5, 5.41) is 9.15. The Kier molecular flexibility index (Phi) is 6.37. The predicted molar refractivity (Wildman–Crippen MR) is 133 cm³/mol. The fraction of sp³-hybridized carbons (Fsp3) is 0.0476. The number of thiophene rings is 1. The largest absolute Gasteiger partial charge is 0.388 e. The Morgan fingerprint density at radius 3 is 2.35 bits per heavy atom. The highest BCUT2D eigenvalue weighted by Crippen LogP contribution is 2.28. The monoisotopic (exact) mass is 517 g/mol. The Morgan fingerprint density at radius 1 is 1.03 bits per heavy atom. The number of amides is 2. The van der Waals surface area contributed by atoms with Crippen LogP contribution in [0.4, 0.5) is 21.9 Å². The summed E-state index contributed by atoms with van der Waals surface area (Å²) in [4.78, 5) is 36.6. The molecule has 13 heteroatoms. The van der Waals surface area contributed by atoms with Gasteiger partial charge in [-0.15, -0.1) is 16.2 Å². The van der Waals surface area contributed by atoms with Crippen LogP contribution in [0.3, 0.4) is 0 Å². The van der Waals surface area contributed by atoms with Gasteiger partial charge in [0, 0.05) is 41.1 Å². The number of hydrogen-bond acceptors (Lipinski definition) is 8. The summed E-state index contributed by atoms with van der Waals surface area (Å²) in [6.07, 6.45) is 1.34. The molecule has 10 nitrogen and oxygen atoms in total. The molecule has 0 radical (unpaired) electrons. The second-order valence-corrected chi connectivity index (χ2v) is 10.6. The van der Waals surface area contributed by atoms with E-state index in [9.17, 15) is 22.9 Å². The zero-order valence-corrected chi connectivity index (χ0v) is 19.8. The number of sulfonamides is 1. The highest BCUT2D eigenvalue weighted by molar-refractivity contribution is 7.92. The van der Waals surface area contributed by atoms with Crippen LogP contribution in [0.5, 0.6) is 0 Å². The molecule has 3 N–H and O–H groups in total. The number of nitroso groups, excluding NO2 is 1. The third-order valence-electron chi connectivity index (χ3n) is 4.83. The van der Waals surface area contributed by atoms with Gasteiger partial charge in [0.05, 0.1) is 4.34 Å². The van der Waals surface area contributed by atoms with Crippen LogP contribution in [0.1, 0.15) is 0 Å². The number of carbonyl (C=O) groups is 1. The minimum absolute atomic E-state index is 0.0900. The molecule has 4 rings (SSSR count). The first-order valence-electron chi connectivity index (χ1n) is 9.62. The molecule has 0 fully saturated rings. The van der Waals surface area contributed by atoms with Crippen molar-refractivity contribution in [3.05, 3.63) is 80.4 Å². The van der Waals surface area contributed by atoms with E-state index in [1.165, 1.54) is 47.2 Å². The molecule has 0 bridgehead atoms. The molecule has 2 heterocycles. The normalized spacial score (nSPS) is 11.2. The lowest BCUT2D eigenvalue weighted by Gasteiger charge is -2.11. The van der Waals surface area contributed by atoms with Crippen LogP contribution in [-0.4, -0.2) is 26.1 Å². The van der Waals surface area contributed by atoms with E-state index in [1.54, 1.807) is 25.2 Å². The minimum atomic E-state index is -4.07. The first-order chi connectivity index (χ1) is 16.2. The van der Waals surface area contributed by atoms with Crippen molar-refractivity contribution in [1.82, 2.24) is 9.29 Å². The summed E-state index contributed by atoms with van der Waals surface area (Å²) < 4.78 is 27.8. The molecular formula is C21H16ClN5O5S2. The van der Waals surface area contributed by atoms with Gasteiger partial charge in [0.15, 0.2) is 0 Å². The highest BCUT2D eigenvalue weighted by Gasteiger charge is 2.20. The molecule has 0 aliphatic carbocycles. The molecule has 0 aliphatic rings. The molecule has 0 saturated carbocycles. The Balaban J connectivity index is 1.58. The van der Waals surface area contributed by atoms with Gasteiger partial charge >= 0.3 is 6.03 Å². The maximum Gasteiger partial charge on any atom is 0.333 e. The van der Waals surface area contributed by atoms with Gasteiger partial charge in [0.1, 0.15) is 9.90 Å². The third-order valence-corrected chi connectivity index (χ3v) is 7.88. The number of fused-ring (bicyclic) bond motifs is 1. The Hall–Kier alpha value is -3.74. The van der Waals surface area contributed by atoms with Crippen LogP contribution in [0.2, 0.25) is 4.34 Å². The van der Waals surface area contributed by atoms with Gasteiger partial charge in [0.25, 0.3) is 15.6 Å². The van der Waals surface area contributed by atoms with E-state index in [1.807, 2.05) is 4.72 Å². The smallest absolute Gasteiger partial charge is 0.333 e. The molecule has 0 unspecified atom stereocenters. The van der Waals surface area contributed by atoms with Crippen LogP contribution in [0.15, 0.2) is 75.0 Å². The van der Waals surface area contributed by atoms with Gasteiger partial charge in [-0.2, -0.15) is 0 Å². The summed E-state index contributed by atoms with van der Waals surface area (Å²) in [6.45, 7) is 0. The van der Waals surface area contributed by atoms with Crippen molar-refractivity contribution >= 4 is 66.8 Å². The van der Waals surface area contributed by atoms with Gasteiger partial charge in [-0.1, -0.05) is 11.6 Å². The first kappa shape index (κ1) is 23.4. The molecule has 2 amide bonds. The molecule has 0 aliphatic heterocycles. The summed E-state index contributed by atoms with van der Waals surface area (Å²) in [6, 6.07) is 12.8. The Morgan fingerprint density at radius 2 is 1.74 bits per heavy atom. The van der Waals surface area contributed by atoms with E-state index in [0.29, 0.717) is 16.5 Å². The topological polar surface area (TPSA) is 139 Å². The lowest BCUT2D eigenvalue weighted by atomic mass is 10.1. The zero-order chi connectivity index (χ0) is 24.5. The number of anilines is 2. The third kappa shape index (κ3) is 4.64. The van der Waals surface area contributed by atoms with Crippen LogP contribution >= 0.6 is 22.9 Å². The summed E-state index contributed by atoms with van der Waals surface area (Å²) in [7, 11) is -2.35. The van der Waals surface area contributed by atoms with Crippen molar-refractivity contribution in [2.24, 2.45) is 5.18 Å². The number of rotatable bonds is 6. The standard InChI is InChI=1S/C21H16ClN5O5S2/c1-23-13-4-7-15-16(10-13)17(25-30)11-27(20(15)28)14-5-2-12(3-6-14)24-21(29)26-34(31,32)19-9-8-18(22)33-19/h2-11,23H,1H3,(H2,24,26,29). The lowest BCUT2D eigenvalue weighted by molar-refractivity contribution is 0.256. The fourth-order valence-corrected chi connectivity index (χ4v) is 5.61. The van der Waals surface area contributed by atoms with Gasteiger partial charge in [-0.05, 0) is 59.8 Å². The van der Waals surface area contributed by atoms with Crippen molar-refractivity contribution in [2.45, 2.75) is 4.21 Å². The number of nitrogens with one attached hydrogen (secondary N) is 3. The van der Waals surface area contributed by atoms with Crippen molar-refractivity contribution in [1.29, 1.82) is 0 Å². The minimum Gasteiger partial charge on any atom is -0.388 e. The maximum atomic E-state index is 13.0. The molecule has 2 aromatic heterocycles. The number of pyridine rings is 1. The van der Waals surface area contributed by atoms with Crippen molar-refractivity contribution in [3.8, 4) is 5.69 Å². The Bertz CT molecular complexity index is 1580. The van der Waals surface area contributed by atoms with Gasteiger partial charge in [0.2, 0.25) is 0 Å². The number of carbonyl (C=O) groups excluding carboxylic acids is 1. The maximum absolute atomic E-state index is 13.0. The second-order valence-electron chi connectivity index (χ2n) is 6.96. The predicted octanol–water partition coefficient (Wildman–Crippen LogP) is 4.66.